The van der Waals surface area contributed by atoms with Crippen molar-refractivity contribution in [3.05, 3.63) is 70.6 Å². The van der Waals surface area contributed by atoms with Gasteiger partial charge in [0, 0.05) is 12.3 Å². The first-order valence-electron chi connectivity index (χ1n) is 7.17. The number of hydrogen-bond acceptors (Lipinski definition) is 2. The summed E-state index contributed by atoms with van der Waals surface area (Å²) >= 11 is 0. The summed E-state index contributed by atoms with van der Waals surface area (Å²) in [6.07, 6.45) is -2.94. The second kappa shape index (κ2) is 7.67. The number of hydrogen-bond donors (Lipinski definition) is 2. The van der Waals surface area contributed by atoms with Crippen LogP contribution in [-0.2, 0) is 6.54 Å². The van der Waals surface area contributed by atoms with Crippen LogP contribution in [0.4, 0.5) is 18.0 Å². The number of benzene rings is 1. The van der Waals surface area contributed by atoms with E-state index >= 15 is 0 Å². The van der Waals surface area contributed by atoms with Gasteiger partial charge in [0.2, 0.25) is 0 Å². The van der Waals surface area contributed by atoms with Crippen molar-refractivity contribution in [2.75, 3.05) is 6.54 Å². The first-order valence-corrected chi connectivity index (χ1v) is 7.17. The van der Waals surface area contributed by atoms with E-state index in [1.54, 1.807) is 54.0 Å². The molecule has 2 amide bonds. The molecule has 1 aromatic heterocycles. The molecule has 0 saturated heterocycles. The Morgan fingerprint density at radius 2 is 1.75 bits per heavy atom. The monoisotopic (exact) mass is 339 g/mol. The number of nitrogens with zero attached hydrogens (tertiary/aromatic N) is 1. The summed E-state index contributed by atoms with van der Waals surface area (Å²) in [5.74, 6) is 0. The summed E-state index contributed by atoms with van der Waals surface area (Å²) in [7, 11) is 0. The van der Waals surface area contributed by atoms with Gasteiger partial charge in [0.1, 0.15) is 6.54 Å². The third-order valence-corrected chi connectivity index (χ3v) is 3.23. The molecule has 0 saturated carbocycles. The zero-order valence-corrected chi connectivity index (χ0v) is 12.6. The number of alkyl halides is 3. The number of pyridine rings is 1. The first kappa shape index (κ1) is 17.6. The highest BCUT2D eigenvalue weighted by molar-refractivity contribution is 5.74. The van der Waals surface area contributed by atoms with E-state index in [2.05, 4.69) is 5.32 Å². The summed E-state index contributed by atoms with van der Waals surface area (Å²) in [5.41, 5.74) is 0.409. The van der Waals surface area contributed by atoms with Gasteiger partial charge >= 0.3 is 12.2 Å². The lowest BCUT2D eigenvalue weighted by atomic mass is 10.1. The zero-order valence-electron chi connectivity index (χ0n) is 12.6. The maximum Gasteiger partial charge on any atom is 0.405 e. The molecule has 2 aromatic rings. The van der Waals surface area contributed by atoms with Crippen LogP contribution in [0.3, 0.4) is 0 Å². The highest BCUT2D eigenvalue weighted by atomic mass is 19.4. The van der Waals surface area contributed by atoms with Crippen molar-refractivity contribution in [3.63, 3.8) is 0 Å². The van der Waals surface area contributed by atoms with Crippen LogP contribution in [0, 0.1) is 0 Å². The van der Waals surface area contributed by atoms with Crippen molar-refractivity contribution in [2.45, 2.75) is 18.8 Å². The normalized spacial score (nSPS) is 12.5. The standard InChI is InChI=1S/C16H16F3N3O2/c17-16(18,19)11-20-15(24)21-13(12-6-2-1-3-7-12)10-22-9-5-4-8-14(22)23/h1-9,13H,10-11H2,(H2,20,21,24). The van der Waals surface area contributed by atoms with Crippen LogP contribution in [0.25, 0.3) is 0 Å². The molecule has 1 atom stereocenters. The Bertz CT molecular complexity index is 729. The average molecular weight is 339 g/mol. The van der Waals surface area contributed by atoms with Gasteiger partial charge in [0.05, 0.1) is 12.6 Å². The van der Waals surface area contributed by atoms with Crippen molar-refractivity contribution in [2.24, 2.45) is 0 Å². The summed E-state index contributed by atoms with van der Waals surface area (Å²) in [5, 5.41) is 4.23. The first-order chi connectivity index (χ1) is 11.3. The predicted octanol–water partition coefficient (Wildman–Crippen LogP) is 2.45. The lowest BCUT2D eigenvalue weighted by Crippen LogP contribution is -2.43. The van der Waals surface area contributed by atoms with Crippen LogP contribution in [-0.4, -0.2) is 23.3 Å². The van der Waals surface area contributed by atoms with Gasteiger partial charge in [-0.3, -0.25) is 4.79 Å². The molecule has 0 radical (unpaired) electrons. The molecule has 5 nitrogen and oxygen atoms in total. The van der Waals surface area contributed by atoms with Crippen LogP contribution >= 0.6 is 0 Å². The molecule has 128 valence electrons. The molecule has 1 unspecified atom stereocenters. The summed E-state index contributed by atoms with van der Waals surface area (Å²) < 4.78 is 37.9. The molecule has 0 spiro atoms. The van der Waals surface area contributed by atoms with E-state index in [1.165, 1.54) is 10.6 Å². The predicted molar refractivity (Wildman–Crippen MR) is 82.5 cm³/mol. The Morgan fingerprint density at radius 1 is 1.08 bits per heavy atom. The number of rotatable bonds is 5. The molecule has 2 rings (SSSR count). The number of aromatic nitrogens is 1. The lowest BCUT2D eigenvalue weighted by Gasteiger charge is -2.21. The molecule has 0 fully saturated rings. The zero-order chi connectivity index (χ0) is 17.6. The quantitative estimate of drug-likeness (QED) is 0.879. The fourth-order valence-electron chi connectivity index (χ4n) is 2.12. The van der Waals surface area contributed by atoms with Crippen LogP contribution in [0.5, 0.6) is 0 Å². The van der Waals surface area contributed by atoms with E-state index in [0.717, 1.165) is 0 Å². The maximum absolute atomic E-state index is 12.2. The molecule has 1 heterocycles. The van der Waals surface area contributed by atoms with Gasteiger partial charge in [0.15, 0.2) is 0 Å². The van der Waals surface area contributed by atoms with E-state index < -0.39 is 24.8 Å². The fraction of sp³-hybridized carbons (Fsp3) is 0.250. The molecular formula is C16H16F3N3O2. The summed E-state index contributed by atoms with van der Waals surface area (Å²) in [6, 6.07) is 11.7. The highest BCUT2D eigenvalue weighted by Crippen LogP contribution is 2.15. The van der Waals surface area contributed by atoms with Crippen LogP contribution in [0.2, 0.25) is 0 Å². The van der Waals surface area contributed by atoms with Gasteiger partial charge in [-0.25, -0.2) is 4.79 Å². The van der Waals surface area contributed by atoms with Gasteiger partial charge in [-0.2, -0.15) is 13.2 Å². The van der Waals surface area contributed by atoms with E-state index in [1.807, 2.05) is 0 Å². The number of halogens is 3. The van der Waals surface area contributed by atoms with Crippen molar-refractivity contribution < 1.29 is 18.0 Å². The topological polar surface area (TPSA) is 63.1 Å². The van der Waals surface area contributed by atoms with E-state index in [0.29, 0.717) is 5.56 Å². The van der Waals surface area contributed by atoms with Gasteiger partial charge in [-0.05, 0) is 11.6 Å². The largest absolute Gasteiger partial charge is 0.405 e. The van der Waals surface area contributed by atoms with Crippen molar-refractivity contribution in [3.8, 4) is 0 Å². The third kappa shape index (κ3) is 5.45. The van der Waals surface area contributed by atoms with Gasteiger partial charge in [-0.15, -0.1) is 0 Å². The summed E-state index contributed by atoms with van der Waals surface area (Å²) in [4.78, 5) is 23.6. The van der Waals surface area contributed by atoms with E-state index in [4.69, 9.17) is 0 Å². The number of carbonyl (C=O) groups excluding carboxylic acids is 1. The van der Waals surface area contributed by atoms with Crippen LogP contribution in [0.1, 0.15) is 11.6 Å². The Morgan fingerprint density at radius 3 is 2.38 bits per heavy atom. The molecule has 24 heavy (non-hydrogen) atoms. The molecule has 0 aliphatic heterocycles. The van der Waals surface area contributed by atoms with E-state index in [9.17, 15) is 22.8 Å². The SMILES string of the molecule is O=C(NCC(F)(F)F)NC(Cn1ccccc1=O)c1ccccc1. The molecular weight excluding hydrogens is 323 g/mol. The van der Waals surface area contributed by atoms with Gasteiger partial charge in [-0.1, -0.05) is 36.4 Å². The molecule has 8 heteroatoms. The molecule has 0 bridgehead atoms. The Labute approximate surface area is 136 Å². The minimum atomic E-state index is -4.49. The van der Waals surface area contributed by atoms with Crippen LogP contribution in [0.15, 0.2) is 59.5 Å². The minimum absolute atomic E-state index is 0.100. The fourth-order valence-corrected chi connectivity index (χ4v) is 2.12. The van der Waals surface area contributed by atoms with Crippen molar-refractivity contribution in [1.82, 2.24) is 15.2 Å². The molecule has 2 N–H and O–H groups in total. The summed E-state index contributed by atoms with van der Waals surface area (Å²) in [6.45, 7) is -1.32. The minimum Gasteiger partial charge on any atom is -0.330 e. The molecule has 0 aliphatic carbocycles. The molecule has 1 aromatic carbocycles. The smallest absolute Gasteiger partial charge is 0.330 e. The maximum atomic E-state index is 12.2. The number of carbonyl (C=O) groups is 1. The number of amides is 2. The van der Waals surface area contributed by atoms with Crippen molar-refractivity contribution >= 4 is 6.03 Å². The van der Waals surface area contributed by atoms with Crippen LogP contribution < -0.4 is 16.2 Å². The number of nitrogens with one attached hydrogen (secondary N) is 2. The second-order valence-electron chi connectivity index (χ2n) is 5.10. The van der Waals surface area contributed by atoms with Gasteiger partial charge < -0.3 is 15.2 Å². The lowest BCUT2D eigenvalue weighted by molar-refractivity contribution is -0.122. The Balaban J connectivity index is 2.14. The van der Waals surface area contributed by atoms with Gasteiger partial charge in [0.25, 0.3) is 5.56 Å². The Hall–Kier alpha value is -2.77. The molecule has 0 aliphatic rings. The van der Waals surface area contributed by atoms with Crippen molar-refractivity contribution in [1.29, 1.82) is 0 Å². The third-order valence-electron chi connectivity index (χ3n) is 3.23. The average Bonchev–Trinajstić information content (AvgIpc) is 2.54. The van der Waals surface area contributed by atoms with E-state index in [-0.39, 0.29) is 12.1 Å². The Kier molecular flexibility index (Phi) is 5.62. The number of urea groups is 1. The second-order valence-corrected chi connectivity index (χ2v) is 5.10. The highest BCUT2D eigenvalue weighted by Gasteiger charge is 2.28.